The second kappa shape index (κ2) is 8.95. The SMILES string of the molecule is C=C1C=CN([C@@H]2O[C@](F)(COP(=O)(O)OP(=O)(O)OP(=O)(O)O)[C@H](O)C2(F)CF)C(=C)N1. The van der Waals surface area contributed by atoms with Gasteiger partial charge in [-0.15, -0.1) is 0 Å². The fourth-order valence-corrected chi connectivity index (χ4v) is 5.66. The highest BCUT2D eigenvalue weighted by atomic mass is 31.3. The standard InChI is InChI=1S/C12H18F3N2O12P3/c1-7-3-4-17(8(2)16-7)10-11(14,5-13)9(18)12(15,27-10)6-26-31(22,23)29-32(24,25)28-30(19,20)21/h3-4,9-10,16,18H,1-2,5-6H2,(H,22,23)(H,24,25)(H2,19,20,21)/t9-,10-,11?,12-/m1/s1. The van der Waals surface area contributed by atoms with Gasteiger partial charge >= 0.3 is 23.5 Å². The summed E-state index contributed by atoms with van der Waals surface area (Å²) in [5, 5.41) is 12.5. The summed E-state index contributed by atoms with van der Waals surface area (Å²) in [5.41, 5.74) is -3.20. The van der Waals surface area contributed by atoms with Crippen LogP contribution in [0.1, 0.15) is 0 Å². The molecule has 0 aromatic carbocycles. The number of phosphoric ester groups is 1. The summed E-state index contributed by atoms with van der Waals surface area (Å²) >= 11 is 0. The zero-order chi connectivity index (χ0) is 24.8. The van der Waals surface area contributed by atoms with Gasteiger partial charge in [-0.05, 0) is 6.08 Å². The van der Waals surface area contributed by atoms with Crippen molar-refractivity contribution in [2.75, 3.05) is 13.3 Å². The third kappa shape index (κ3) is 6.08. The molecule has 2 aliphatic heterocycles. The Bertz CT molecular complexity index is 961. The summed E-state index contributed by atoms with van der Waals surface area (Å²) in [6, 6.07) is 0. The first-order valence-electron chi connectivity index (χ1n) is 8.03. The van der Waals surface area contributed by atoms with E-state index in [2.05, 4.69) is 31.6 Å². The van der Waals surface area contributed by atoms with Crippen LogP contribution in [0.5, 0.6) is 0 Å². The molecule has 2 aliphatic rings. The monoisotopic (exact) mass is 532 g/mol. The Morgan fingerprint density at radius 2 is 1.75 bits per heavy atom. The molecule has 0 radical (unpaired) electrons. The highest BCUT2D eigenvalue weighted by Gasteiger charge is 2.68. The number of nitrogens with zero attached hydrogens (tertiary/aromatic N) is 1. The fraction of sp³-hybridized carbons (Fsp3) is 0.500. The minimum Gasteiger partial charge on any atom is -0.383 e. The summed E-state index contributed by atoms with van der Waals surface area (Å²) in [5.74, 6) is -3.89. The molecule has 0 aromatic rings. The van der Waals surface area contributed by atoms with Gasteiger partial charge < -0.3 is 39.6 Å². The largest absolute Gasteiger partial charge is 0.490 e. The molecule has 3 unspecified atom stereocenters. The van der Waals surface area contributed by atoms with Gasteiger partial charge in [0.25, 0.3) is 5.85 Å². The molecule has 0 aliphatic carbocycles. The van der Waals surface area contributed by atoms with Crippen LogP contribution in [0.3, 0.4) is 0 Å². The van der Waals surface area contributed by atoms with Gasteiger partial charge in [0.1, 0.15) is 19.1 Å². The fourth-order valence-electron chi connectivity index (χ4n) is 2.63. The lowest BCUT2D eigenvalue weighted by Gasteiger charge is -2.36. The summed E-state index contributed by atoms with van der Waals surface area (Å²) in [4.78, 5) is 36.1. The van der Waals surface area contributed by atoms with Gasteiger partial charge in [-0.2, -0.15) is 8.62 Å². The number of hydrogen-bond acceptors (Lipinski definition) is 10. The molecule has 0 bridgehead atoms. The van der Waals surface area contributed by atoms with E-state index in [0.717, 1.165) is 11.1 Å². The van der Waals surface area contributed by atoms with E-state index in [1.807, 2.05) is 0 Å². The van der Waals surface area contributed by atoms with Crippen LogP contribution in [0.4, 0.5) is 13.2 Å². The smallest absolute Gasteiger partial charge is 0.383 e. The first kappa shape index (κ1) is 27.2. The number of nitrogens with one attached hydrogen (secondary N) is 1. The predicted octanol–water partition coefficient (Wildman–Crippen LogP) is 0.794. The Morgan fingerprint density at radius 1 is 1.16 bits per heavy atom. The van der Waals surface area contributed by atoms with Gasteiger partial charge in [-0.3, -0.25) is 4.52 Å². The van der Waals surface area contributed by atoms with Crippen molar-refractivity contribution >= 4 is 23.5 Å². The van der Waals surface area contributed by atoms with Crippen LogP contribution in [0.25, 0.3) is 0 Å². The molecule has 0 spiro atoms. The third-order valence-electron chi connectivity index (χ3n) is 3.93. The van der Waals surface area contributed by atoms with Crippen LogP contribution < -0.4 is 5.32 Å². The van der Waals surface area contributed by atoms with Crippen LogP contribution in [-0.2, 0) is 31.6 Å². The maximum atomic E-state index is 15.2. The van der Waals surface area contributed by atoms with Gasteiger partial charge in [0.2, 0.25) is 5.67 Å². The molecular weight excluding hydrogens is 514 g/mol. The van der Waals surface area contributed by atoms with E-state index < -0.39 is 60.6 Å². The molecule has 2 heterocycles. The van der Waals surface area contributed by atoms with Crippen molar-refractivity contribution in [3.05, 3.63) is 37.0 Å². The maximum absolute atomic E-state index is 15.2. The normalized spacial score (nSPS) is 34.8. The number of aliphatic hydroxyl groups is 1. The number of rotatable bonds is 9. The van der Waals surface area contributed by atoms with E-state index in [1.165, 1.54) is 6.08 Å². The van der Waals surface area contributed by atoms with Gasteiger partial charge in [0.15, 0.2) is 12.3 Å². The summed E-state index contributed by atoms with van der Waals surface area (Å²) in [6.45, 7) is 3.12. The predicted molar refractivity (Wildman–Crippen MR) is 96.7 cm³/mol. The minimum atomic E-state index is -5.92. The summed E-state index contributed by atoms with van der Waals surface area (Å²) < 4.78 is 93.0. The number of hydrogen-bond donors (Lipinski definition) is 6. The van der Waals surface area contributed by atoms with Crippen molar-refractivity contribution in [3.8, 4) is 0 Å². The molecule has 2 rings (SSSR count). The molecule has 32 heavy (non-hydrogen) atoms. The van der Waals surface area contributed by atoms with Crippen molar-refractivity contribution in [1.29, 1.82) is 0 Å². The van der Waals surface area contributed by atoms with Crippen molar-refractivity contribution in [2.24, 2.45) is 0 Å². The molecule has 6 N–H and O–H groups in total. The van der Waals surface area contributed by atoms with Gasteiger partial charge in [0.05, 0.1) is 0 Å². The Morgan fingerprint density at radius 3 is 2.25 bits per heavy atom. The molecule has 0 saturated carbocycles. The number of allylic oxidation sites excluding steroid dienone is 1. The zero-order valence-electron chi connectivity index (χ0n) is 15.7. The Kier molecular flexibility index (Phi) is 7.60. The Balaban J connectivity index is 2.21. The average molecular weight is 532 g/mol. The number of halogens is 3. The quantitative estimate of drug-likeness (QED) is 0.227. The first-order chi connectivity index (χ1) is 14.3. The number of alkyl halides is 3. The first-order valence-corrected chi connectivity index (χ1v) is 12.6. The second-order valence-electron chi connectivity index (χ2n) is 6.40. The van der Waals surface area contributed by atoms with Crippen LogP contribution in [0.2, 0.25) is 0 Å². The average Bonchev–Trinajstić information content (AvgIpc) is 2.80. The van der Waals surface area contributed by atoms with E-state index in [-0.39, 0.29) is 11.5 Å². The number of aliphatic hydroxyl groups excluding tert-OH is 1. The number of ether oxygens (including phenoxy) is 1. The lowest BCUT2D eigenvalue weighted by atomic mass is 9.95. The second-order valence-corrected chi connectivity index (χ2v) is 10.8. The van der Waals surface area contributed by atoms with Crippen LogP contribution in [0, 0.1) is 0 Å². The Labute approximate surface area is 178 Å². The lowest BCUT2D eigenvalue weighted by Crippen LogP contribution is -2.54. The third-order valence-corrected chi connectivity index (χ3v) is 7.71. The zero-order valence-corrected chi connectivity index (χ0v) is 18.3. The molecular formula is C12H18F3N2O12P3. The van der Waals surface area contributed by atoms with E-state index in [9.17, 15) is 28.1 Å². The maximum Gasteiger partial charge on any atom is 0.490 e. The summed E-state index contributed by atoms with van der Waals surface area (Å²) in [7, 11) is -17.4. The lowest BCUT2D eigenvalue weighted by molar-refractivity contribution is -0.207. The molecule has 6 atom stereocenters. The molecule has 14 nitrogen and oxygen atoms in total. The molecule has 184 valence electrons. The van der Waals surface area contributed by atoms with E-state index >= 15 is 8.78 Å². The van der Waals surface area contributed by atoms with Crippen LogP contribution in [0.15, 0.2) is 37.0 Å². The molecule has 0 aromatic heterocycles. The van der Waals surface area contributed by atoms with Gasteiger partial charge in [-0.1, -0.05) is 13.2 Å². The van der Waals surface area contributed by atoms with Crippen LogP contribution >= 0.6 is 23.5 Å². The highest BCUT2D eigenvalue weighted by molar-refractivity contribution is 7.66. The Hall–Kier alpha value is -1.06. The van der Waals surface area contributed by atoms with Crippen molar-refractivity contribution in [2.45, 2.75) is 23.9 Å². The molecule has 1 saturated heterocycles. The van der Waals surface area contributed by atoms with Crippen molar-refractivity contribution in [3.63, 3.8) is 0 Å². The minimum absolute atomic E-state index is 0.165. The van der Waals surface area contributed by atoms with Crippen LogP contribution in [-0.4, -0.2) is 66.7 Å². The topological polar surface area (TPSA) is 205 Å². The van der Waals surface area contributed by atoms with Gasteiger partial charge in [0, 0.05) is 11.9 Å². The van der Waals surface area contributed by atoms with Crippen molar-refractivity contribution < 1.29 is 69.4 Å². The highest BCUT2D eigenvalue weighted by Crippen LogP contribution is 2.66. The van der Waals surface area contributed by atoms with E-state index in [1.54, 1.807) is 0 Å². The molecule has 1 fully saturated rings. The molecule has 20 heteroatoms. The van der Waals surface area contributed by atoms with E-state index in [4.69, 9.17) is 19.4 Å². The van der Waals surface area contributed by atoms with Gasteiger partial charge in [-0.25, -0.2) is 26.9 Å². The molecule has 0 amide bonds. The summed E-state index contributed by atoms with van der Waals surface area (Å²) in [6.07, 6.45) is -2.88. The number of phosphoric acid groups is 3. The van der Waals surface area contributed by atoms with E-state index in [0.29, 0.717) is 0 Å². The van der Waals surface area contributed by atoms with Crippen molar-refractivity contribution in [1.82, 2.24) is 10.2 Å².